The van der Waals surface area contributed by atoms with Crippen molar-refractivity contribution in [2.45, 2.75) is 20.4 Å². The molecule has 0 radical (unpaired) electrons. The maximum Gasteiger partial charge on any atom is 0.255 e. The summed E-state index contributed by atoms with van der Waals surface area (Å²) in [6, 6.07) is 13.2. The molecule has 0 bridgehead atoms. The molecule has 0 saturated heterocycles. The van der Waals surface area contributed by atoms with Gasteiger partial charge < -0.3 is 5.32 Å². The van der Waals surface area contributed by atoms with Gasteiger partial charge in [-0.05, 0) is 55.8 Å². The predicted molar refractivity (Wildman–Crippen MR) is 96.6 cm³/mol. The summed E-state index contributed by atoms with van der Waals surface area (Å²) in [5, 5.41) is 7.29. The number of hydrogen-bond acceptors (Lipinski definition) is 2. The Kier molecular flexibility index (Phi) is 4.86. The molecule has 4 nitrogen and oxygen atoms in total. The molecule has 2 aromatic carbocycles. The number of rotatable bonds is 4. The fourth-order valence-electron chi connectivity index (χ4n) is 2.60. The molecule has 0 aliphatic heterocycles. The quantitative estimate of drug-likeness (QED) is 0.742. The number of halogens is 2. The summed E-state index contributed by atoms with van der Waals surface area (Å²) in [6.07, 6.45) is 0. The average Bonchev–Trinajstić information content (AvgIpc) is 2.87. The Hall–Kier alpha value is -2.66. The number of amides is 1. The monoisotopic (exact) mass is 357 g/mol. The van der Waals surface area contributed by atoms with Crippen molar-refractivity contribution in [1.82, 2.24) is 9.78 Å². The van der Waals surface area contributed by atoms with Crippen LogP contribution in [0.3, 0.4) is 0 Å². The second-order valence-corrected chi connectivity index (χ2v) is 6.27. The third-order valence-electron chi connectivity index (χ3n) is 3.80. The van der Waals surface area contributed by atoms with Gasteiger partial charge in [0.05, 0.1) is 22.9 Å². The maximum absolute atomic E-state index is 13.1. The van der Waals surface area contributed by atoms with Gasteiger partial charge in [0.25, 0.3) is 5.91 Å². The smallest absolute Gasteiger partial charge is 0.255 e. The summed E-state index contributed by atoms with van der Waals surface area (Å²) in [4.78, 5) is 12.4. The Morgan fingerprint density at radius 3 is 2.68 bits per heavy atom. The van der Waals surface area contributed by atoms with Crippen LogP contribution in [0.4, 0.5) is 10.1 Å². The van der Waals surface area contributed by atoms with E-state index in [1.807, 2.05) is 42.8 Å². The molecule has 1 N–H and O–H groups in total. The number of hydrogen-bond donors (Lipinski definition) is 1. The predicted octanol–water partition coefficient (Wildman–Crippen LogP) is 4.59. The molecule has 6 heteroatoms. The molecule has 0 aliphatic carbocycles. The van der Waals surface area contributed by atoms with Crippen LogP contribution in [0.2, 0.25) is 5.02 Å². The lowest BCUT2D eigenvalue weighted by molar-refractivity contribution is 0.102. The van der Waals surface area contributed by atoms with Crippen LogP contribution in [0.5, 0.6) is 0 Å². The van der Waals surface area contributed by atoms with E-state index in [0.29, 0.717) is 17.8 Å². The fraction of sp³-hybridized carbons (Fsp3) is 0.158. The minimum absolute atomic E-state index is 0.159. The average molecular weight is 358 g/mol. The largest absolute Gasteiger partial charge is 0.321 e. The number of nitrogens with zero attached hydrogens (tertiary/aromatic N) is 2. The second kappa shape index (κ2) is 7.07. The van der Waals surface area contributed by atoms with Gasteiger partial charge in [0, 0.05) is 11.3 Å². The van der Waals surface area contributed by atoms with Crippen LogP contribution in [0.15, 0.2) is 48.5 Å². The molecular formula is C19H17ClFN3O. The summed E-state index contributed by atoms with van der Waals surface area (Å²) in [5.41, 5.74) is 3.85. The summed E-state index contributed by atoms with van der Waals surface area (Å²) < 4.78 is 15.0. The Morgan fingerprint density at radius 2 is 2.00 bits per heavy atom. The molecule has 0 fully saturated rings. The third kappa shape index (κ3) is 4.06. The molecule has 128 valence electrons. The zero-order valence-corrected chi connectivity index (χ0v) is 14.6. The van der Waals surface area contributed by atoms with Crippen molar-refractivity contribution in [1.29, 1.82) is 0 Å². The second-order valence-electron chi connectivity index (χ2n) is 5.86. The normalized spacial score (nSPS) is 10.7. The Balaban J connectivity index is 1.78. The van der Waals surface area contributed by atoms with Gasteiger partial charge in [0.2, 0.25) is 0 Å². The highest BCUT2D eigenvalue weighted by Crippen LogP contribution is 2.23. The van der Waals surface area contributed by atoms with Gasteiger partial charge in [0.15, 0.2) is 0 Å². The van der Waals surface area contributed by atoms with Crippen LogP contribution in [-0.4, -0.2) is 15.7 Å². The lowest BCUT2D eigenvalue weighted by atomic mass is 10.1. The maximum atomic E-state index is 13.1. The minimum Gasteiger partial charge on any atom is -0.321 e. The van der Waals surface area contributed by atoms with Crippen LogP contribution < -0.4 is 5.32 Å². The Bertz CT molecular complexity index is 936. The van der Waals surface area contributed by atoms with Gasteiger partial charge in [-0.3, -0.25) is 9.48 Å². The minimum atomic E-state index is -0.449. The highest BCUT2D eigenvalue weighted by molar-refractivity contribution is 6.33. The van der Waals surface area contributed by atoms with Crippen molar-refractivity contribution in [2.75, 3.05) is 5.32 Å². The van der Waals surface area contributed by atoms with Crippen molar-refractivity contribution in [2.24, 2.45) is 0 Å². The summed E-state index contributed by atoms with van der Waals surface area (Å²) >= 11 is 5.95. The summed E-state index contributed by atoms with van der Waals surface area (Å²) in [5.74, 6) is -0.751. The number of carbonyl (C=O) groups excluding carboxylic acids is 1. The standard InChI is InChI=1S/C19H17ClFN3O/c1-12-8-13(2)24(23-12)11-14-4-3-5-15(9-14)19(25)22-18-7-6-16(21)10-17(18)20/h3-10H,11H2,1-2H3,(H,22,25). The van der Waals surface area contributed by atoms with Crippen LogP contribution in [0.1, 0.15) is 27.3 Å². The molecule has 1 aromatic heterocycles. The van der Waals surface area contributed by atoms with E-state index in [2.05, 4.69) is 10.4 Å². The van der Waals surface area contributed by atoms with Crippen LogP contribution in [0.25, 0.3) is 0 Å². The molecule has 0 spiro atoms. The first-order chi connectivity index (χ1) is 11.9. The molecule has 0 atom stereocenters. The zero-order valence-electron chi connectivity index (χ0n) is 13.9. The molecule has 1 heterocycles. The highest BCUT2D eigenvalue weighted by atomic mass is 35.5. The summed E-state index contributed by atoms with van der Waals surface area (Å²) in [6.45, 7) is 4.52. The Morgan fingerprint density at radius 1 is 1.20 bits per heavy atom. The highest BCUT2D eigenvalue weighted by Gasteiger charge is 2.10. The van der Waals surface area contributed by atoms with Crippen molar-refractivity contribution >= 4 is 23.2 Å². The van der Waals surface area contributed by atoms with E-state index in [1.165, 1.54) is 12.1 Å². The molecule has 25 heavy (non-hydrogen) atoms. The Labute approximate surface area is 150 Å². The van der Waals surface area contributed by atoms with E-state index in [1.54, 1.807) is 6.07 Å². The van der Waals surface area contributed by atoms with Gasteiger partial charge in [0.1, 0.15) is 5.82 Å². The molecule has 3 rings (SSSR count). The molecule has 0 saturated carbocycles. The van der Waals surface area contributed by atoms with Crippen LogP contribution >= 0.6 is 11.6 Å². The van der Waals surface area contributed by atoms with Crippen molar-refractivity contribution < 1.29 is 9.18 Å². The van der Waals surface area contributed by atoms with Crippen molar-refractivity contribution in [3.63, 3.8) is 0 Å². The topological polar surface area (TPSA) is 46.9 Å². The van der Waals surface area contributed by atoms with Gasteiger partial charge in [-0.15, -0.1) is 0 Å². The van der Waals surface area contributed by atoms with Crippen molar-refractivity contribution in [3.8, 4) is 0 Å². The first-order valence-electron chi connectivity index (χ1n) is 7.79. The SMILES string of the molecule is Cc1cc(C)n(Cc2cccc(C(=O)Nc3ccc(F)cc3Cl)c2)n1. The third-order valence-corrected chi connectivity index (χ3v) is 4.12. The molecule has 0 aliphatic rings. The molecule has 0 unspecified atom stereocenters. The number of benzene rings is 2. The van der Waals surface area contributed by atoms with Gasteiger partial charge >= 0.3 is 0 Å². The van der Waals surface area contributed by atoms with E-state index in [4.69, 9.17) is 11.6 Å². The van der Waals surface area contributed by atoms with E-state index in [-0.39, 0.29) is 10.9 Å². The van der Waals surface area contributed by atoms with Crippen LogP contribution in [-0.2, 0) is 6.54 Å². The number of carbonyl (C=O) groups is 1. The lowest BCUT2D eigenvalue weighted by Gasteiger charge is -2.09. The molecule has 1 amide bonds. The van der Waals surface area contributed by atoms with E-state index >= 15 is 0 Å². The number of aromatic nitrogens is 2. The van der Waals surface area contributed by atoms with E-state index < -0.39 is 5.82 Å². The van der Waals surface area contributed by atoms with Gasteiger partial charge in [-0.1, -0.05) is 23.7 Å². The first-order valence-corrected chi connectivity index (χ1v) is 8.16. The van der Waals surface area contributed by atoms with Gasteiger partial charge in [-0.25, -0.2) is 4.39 Å². The van der Waals surface area contributed by atoms with Crippen molar-refractivity contribution in [3.05, 3.63) is 81.9 Å². The number of nitrogens with one attached hydrogen (secondary N) is 1. The molecule has 3 aromatic rings. The summed E-state index contributed by atoms with van der Waals surface area (Å²) in [7, 11) is 0. The zero-order chi connectivity index (χ0) is 18.0. The van der Waals surface area contributed by atoms with E-state index in [0.717, 1.165) is 23.0 Å². The first kappa shape index (κ1) is 17.2. The number of anilines is 1. The fourth-order valence-corrected chi connectivity index (χ4v) is 2.82. The lowest BCUT2D eigenvalue weighted by Crippen LogP contribution is -2.13. The molecular weight excluding hydrogens is 341 g/mol. The number of aryl methyl sites for hydroxylation is 2. The van der Waals surface area contributed by atoms with E-state index in [9.17, 15) is 9.18 Å². The van der Waals surface area contributed by atoms with Gasteiger partial charge in [-0.2, -0.15) is 5.10 Å². The van der Waals surface area contributed by atoms with Crippen LogP contribution in [0, 0.1) is 19.7 Å².